The van der Waals surface area contributed by atoms with Crippen molar-refractivity contribution >= 4 is 23.2 Å². The zero-order valence-electron chi connectivity index (χ0n) is 13.0. The van der Waals surface area contributed by atoms with Gasteiger partial charge in [0.1, 0.15) is 0 Å². The summed E-state index contributed by atoms with van der Waals surface area (Å²) in [6, 6.07) is 7.38. The monoisotopic (exact) mass is 314 g/mol. The van der Waals surface area contributed by atoms with Crippen molar-refractivity contribution in [1.29, 1.82) is 0 Å². The fraction of sp³-hybridized carbons (Fsp3) is 0.312. The quantitative estimate of drug-likeness (QED) is 0.822. The fourth-order valence-electron chi connectivity index (χ4n) is 2.61. The zero-order chi connectivity index (χ0) is 16.6. The molecule has 2 amide bonds. The molecule has 3 rings (SSSR count). The Morgan fingerprint density at radius 3 is 2.65 bits per heavy atom. The highest BCUT2D eigenvalue weighted by atomic mass is 16.3. The van der Waals surface area contributed by atoms with Crippen molar-refractivity contribution in [2.45, 2.75) is 18.9 Å². The van der Waals surface area contributed by atoms with Gasteiger partial charge in [0.2, 0.25) is 5.60 Å². The molecule has 0 unspecified atom stereocenters. The summed E-state index contributed by atoms with van der Waals surface area (Å²) in [5.41, 5.74) is 0.129. The molecule has 1 aromatic heterocycles. The Hall–Kier alpha value is -2.67. The van der Waals surface area contributed by atoms with E-state index in [4.69, 9.17) is 0 Å². The number of nitrogens with zero attached hydrogens (tertiary/aromatic N) is 3. The first-order valence-corrected chi connectivity index (χ1v) is 7.31. The SMILES string of the molecule is Cc1ccc(N2CC[C@](O)(C(=O)Nc3cnn(C)c3)C2=O)cc1. The van der Waals surface area contributed by atoms with Crippen molar-refractivity contribution in [3.8, 4) is 0 Å². The van der Waals surface area contributed by atoms with E-state index in [0.717, 1.165) is 5.56 Å². The molecule has 1 fully saturated rings. The van der Waals surface area contributed by atoms with E-state index in [-0.39, 0.29) is 6.42 Å². The van der Waals surface area contributed by atoms with Crippen LogP contribution in [0.3, 0.4) is 0 Å². The van der Waals surface area contributed by atoms with E-state index < -0.39 is 17.4 Å². The maximum Gasteiger partial charge on any atom is 0.268 e. The second-order valence-corrected chi connectivity index (χ2v) is 5.76. The van der Waals surface area contributed by atoms with Crippen molar-refractivity contribution in [1.82, 2.24) is 9.78 Å². The van der Waals surface area contributed by atoms with Crippen LogP contribution in [-0.4, -0.2) is 38.8 Å². The minimum absolute atomic E-state index is 0.0474. The number of hydrogen-bond acceptors (Lipinski definition) is 4. The molecule has 120 valence electrons. The number of amides is 2. The number of nitrogens with one attached hydrogen (secondary N) is 1. The van der Waals surface area contributed by atoms with E-state index in [0.29, 0.717) is 17.9 Å². The summed E-state index contributed by atoms with van der Waals surface area (Å²) < 4.78 is 1.52. The summed E-state index contributed by atoms with van der Waals surface area (Å²) in [6.07, 6.45) is 3.10. The summed E-state index contributed by atoms with van der Waals surface area (Å²) in [4.78, 5) is 26.3. The maximum absolute atomic E-state index is 12.5. The average molecular weight is 314 g/mol. The third kappa shape index (κ3) is 2.70. The molecule has 1 saturated heterocycles. The molecule has 7 heteroatoms. The van der Waals surface area contributed by atoms with Gasteiger partial charge in [0.05, 0.1) is 11.9 Å². The summed E-state index contributed by atoms with van der Waals surface area (Å²) in [6.45, 7) is 2.24. The summed E-state index contributed by atoms with van der Waals surface area (Å²) in [7, 11) is 1.71. The topological polar surface area (TPSA) is 87.5 Å². The van der Waals surface area contributed by atoms with Crippen molar-refractivity contribution in [2.24, 2.45) is 7.05 Å². The Labute approximate surface area is 133 Å². The Bertz CT molecular complexity index is 753. The molecule has 1 atom stereocenters. The van der Waals surface area contributed by atoms with Crippen LogP contribution < -0.4 is 10.2 Å². The average Bonchev–Trinajstić information content (AvgIpc) is 3.06. The van der Waals surface area contributed by atoms with Gasteiger partial charge in [-0.3, -0.25) is 14.3 Å². The lowest BCUT2D eigenvalue weighted by Crippen LogP contribution is -2.49. The fourth-order valence-corrected chi connectivity index (χ4v) is 2.61. The van der Waals surface area contributed by atoms with E-state index >= 15 is 0 Å². The van der Waals surface area contributed by atoms with Gasteiger partial charge in [-0.25, -0.2) is 0 Å². The number of anilines is 2. The number of benzene rings is 1. The molecule has 2 N–H and O–H groups in total. The highest BCUT2D eigenvalue weighted by Crippen LogP contribution is 2.29. The summed E-state index contributed by atoms with van der Waals surface area (Å²) in [5.74, 6) is -1.34. The van der Waals surface area contributed by atoms with Gasteiger partial charge in [0, 0.05) is 31.9 Å². The lowest BCUT2D eigenvalue weighted by Gasteiger charge is -2.21. The second-order valence-electron chi connectivity index (χ2n) is 5.76. The molecule has 0 spiro atoms. The molecule has 7 nitrogen and oxygen atoms in total. The van der Waals surface area contributed by atoms with Crippen LogP contribution in [0.1, 0.15) is 12.0 Å². The molecule has 0 radical (unpaired) electrons. The Morgan fingerprint density at radius 1 is 1.35 bits per heavy atom. The van der Waals surface area contributed by atoms with Crippen LogP contribution in [0.15, 0.2) is 36.7 Å². The van der Waals surface area contributed by atoms with Crippen LogP contribution in [0.2, 0.25) is 0 Å². The molecule has 0 bridgehead atoms. The number of rotatable bonds is 3. The third-order valence-corrected chi connectivity index (χ3v) is 3.98. The lowest BCUT2D eigenvalue weighted by atomic mass is 10.0. The largest absolute Gasteiger partial charge is 0.372 e. The highest BCUT2D eigenvalue weighted by Gasteiger charge is 2.51. The van der Waals surface area contributed by atoms with Gasteiger partial charge in [-0.1, -0.05) is 17.7 Å². The van der Waals surface area contributed by atoms with Crippen LogP contribution in [0.5, 0.6) is 0 Å². The number of aliphatic hydroxyl groups is 1. The molecule has 1 aliphatic heterocycles. The Balaban J connectivity index is 1.78. The predicted octanol–water partition coefficient (Wildman–Crippen LogP) is 0.835. The minimum atomic E-state index is -2.05. The van der Waals surface area contributed by atoms with Gasteiger partial charge >= 0.3 is 0 Å². The van der Waals surface area contributed by atoms with E-state index in [1.165, 1.54) is 15.8 Å². The minimum Gasteiger partial charge on any atom is -0.372 e. The number of hydrogen-bond donors (Lipinski definition) is 2. The molecule has 0 aliphatic carbocycles. The zero-order valence-corrected chi connectivity index (χ0v) is 13.0. The van der Waals surface area contributed by atoms with Gasteiger partial charge in [-0.05, 0) is 19.1 Å². The van der Waals surface area contributed by atoms with E-state index in [1.54, 1.807) is 25.4 Å². The standard InChI is InChI=1S/C16H18N4O3/c1-11-3-5-13(6-4-11)20-8-7-16(23,15(20)22)14(21)18-12-9-17-19(2)10-12/h3-6,9-10,23H,7-8H2,1-2H3,(H,18,21)/t16-/m0/s1. The van der Waals surface area contributed by atoms with Crippen molar-refractivity contribution in [2.75, 3.05) is 16.8 Å². The molecule has 1 aromatic carbocycles. The molecule has 2 heterocycles. The van der Waals surface area contributed by atoms with Crippen molar-refractivity contribution in [3.05, 3.63) is 42.2 Å². The van der Waals surface area contributed by atoms with Gasteiger partial charge in [-0.2, -0.15) is 5.10 Å². The normalized spacial score (nSPS) is 20.8. The van der Waals surface area contributed by atoms with Gasteiger partial charge < -0.3 is 15.3 Å². The predicted molar refractivity (Wildman–Crippen MR) is 84.9 cm³/mol. The van der Waals surface area contributed by atoms with E-state index in [1.807, 2.05) is 19.1 Å². The summed E-state index contributed by atoms with van der Waals surface area (Å²) in [5, 5.41) is 17.0. The number of aromatic nitrogens is 2. The van der Waals surface area contributed by atoms with Crippen LogP contribution in [0, 0.1) is 6.92 Å². The Kier molecular flexibility index (Phi) is 3.65. The first kappa shape index (κ1) is 15.2. The molecule has 0 saturated carbocycles. The first-order valence-electron chi connectivity index (χ1n) is 7.31. The molecular formula is C16H18N4O3. The van der Waals surface area contributed by atoms with Crippen LogP contribution >= 0.6 is 0 Å². The maximum atomic E-state index is 12.5. The van der Waals surface area contributed by atoms with Crippen LogP contribution in [-0.2, 0) is 16.6 Å². The molecule has 1 aliphatic rings. The van der Waals surface area contributed by atoms with Crippen LogP contribution in [0.25, 0.3) is 0 Å². The number of carbonyl (C=O) groups excluding carboxylic acids is 2. The second kappa shape index (κ2) is 5.51. The molecule has 2 aromatic rings. The lowest BCUT2D eigenvalue weighted by molar-refractivity contribution is -0.145. The van der Waals surface area contributed by atoms with Gasteiger partial charge in [-0.15, -0.1) is 0 Å². The number of aryl methyl sites for hydroxylation is 2. The number of carbonyl (C=O) groups is 2. The van der Waals surface area contributed by atoms with Crippen molar-refractivity contribution < 1.29 is 14.7 Å². The third-order valence-electron chi connectivity index (χ3n) is 3.98. The van der Waals surface area contributed by atoms with Gasteiger partial charge in [0.15, 0.2) is 0 Å². The van der Waals surface area contributed by atoms with Crippen molar-refractivity contribution in [3.63, 3.8) is 0 Å². The first-order chi connectivity index (χ1) is 10.9. The van der Waals surface area contributed by atoms with E-state index in [2.05, 4.69) is 10.4 Å². The Morgan fingerprint density at radius 2 is 2.04 bits per heavy atom. The summed E-state index contributed by atoms with van der Waals surface area (Å²) >= 11 is 0. The molecule has 23 heavy (non-hydrogen) atoms. The smallest absolute Gasteiger partial charge is 0.268 e. The molecular weight excluding hydrogens is 296 g/mol. The van der Waals surface area contributed by atoms with Gasteiger partial charge in [0.25, 0.3) is 11.8 Å². The highest BCUT2D eigenvalue weighted by molar-refractivity contribution is 6.19. The van der Waals surface area contributed by atoms with E-state index in [9.17, 15) is 14.7 Å². The van der Waals surface area contributed by atoms with Crippen LogP contribution in [0.4, 0.5) is 11.4 Å².